The van der Waals surface area contributed by atoms with Crippen LogP contribution in [-0.4, -0.2) is 16.7 Å². The third-order valence-corrected chi connectivity index (χ3v) is 3.06. The maximum absolute atomic E-state index is 11.9. The minimum Gasteiger partial charge on any atom is -0.496 e. The summed E-state index contributed by atoms with van der Waals surface area (Å²) in [7, 11) is 1.56. The number of oxazole rings is 1. The van der Waals surface area contributed by atoms with Gasteiger partial charge in [-0.1, -0.05) is 6.07 Å². The largest absolute Gasteiger partial charge is 0.496 e. The number of nitrogens with zero attached hydrogens (tertiary/aromatic N) is 2. The van der Waals surface area contributed by atoms with Crippen LogP contribution in [-0.2, 0) is 6.54 Å². The van der Waals surface area contributed by atoms with Crippen LogP contribution in [0.25, 0.3) is 11.2 Å². The molecule has 0 saturated heterocycles. The quantitative estimate of drug-likeness (QED) is 0.732. The fourth-order valence-corrected chi connectivity index (χ4v) is 2.10. The molecule has 6 nitrogen and oxygen atoms in total. The summed E-state index contributed by atoms with van der Waals surface area (Å²) in [6.45, 7) is 0.312. The Morgan fingerprint density at radius 2 is 2.25 bits per heavy atom. The van der Waals surface area contributed by atoms with Crippen LogP contribution in [0.1, 0.15) is 5.56 Å². The summed E-state index contributed by atoms with van der Waals surface area (Å²) in [4.78, 5) is 16.1. The van der Waals surface area contributed by atoms with Crippen molar-refractivity contribution in [1.29, 1.82) is 0 Å². The number of hydrogen-bond acceptors (Lipinski definition) is 5. The molecule has 0 fully saturated rings. The van der Waals surface area contributed by atoms with E-state index in [4.69, 9.17) is 14.9 Å². The zero-order valence-electron chi connectivity index (χ0n) is 10.9. The summed E-state index contributed by atoms with van der Waals surface area (Å²) in [6, 6.07) is 8.73. The lowest BCUT2D eigenvalue weighted by Gasteiger charge is -2.09. The Bertz CT molecular complexity index is 820. The predicted molar refractivity (Wildman–Crippen MR) is 74.8 cm³/mol. The first-order chi connectivity index (χ1) is 9.69. The van der Waals surface area contributed by atoms with E-state index in [9.17, 15) is 4.79 Å². The highest BCUT2D eigenvalue weighted by Gasteiger charge is 2.12. The maximum atomic E-state index is 11.9. The molecule has 0 radical (unpaired) electrons. The van der Waals surface area contributed by atoms with Crippen molar-refractivity contribution in [3.8, 4) is 5.75 Å². The van der Waals surface area contributed by atoms with E-state index in [0.29, 0.717) is 29.2 Å². The standard InChI is InChI=1S/C14H13N3O3/c1-19-12-7-10(15)5-4-9(12)8-17-13-11(20-14(17)18)3-2-6-16-13/h2-7H,8,15H2,1H3. The first-order valence-corrected chi connectivity index (χ1v) is 6.06. The Hall–Kier alpha value is -2.76. The molecule has 1 aromatic carbocycles. The predicted octanol–water partition coefficient (Wildman–Crippen LogP) is 1.63. The van der Waals surface area contributed by atoms with Gasteiger partial charge < -0.3 is 14.9 Å². The van der Waals surface area contributed by atoms with E-state index in [-0.39, 0.29) is 0 Å². The molecule has 6 heteroatoms. The van der Waals surface area contributed by atoms with Crippen molar-refractivity contribution in [2.24, 2.45) is 0 Å². The third kappa shape index (κ3) is 2.01. The van der Waals surface area contributed by atoms with Crippen molar-refractivity contribution in [3.05, 3.63) is 52.6 Å². The van der Waals surface area contributed by atoms with Gasteiger partial charge in [0.25, 0.3) is 0 Å². The number of nitrogen functional groups attached to an aromatic ring is 1. The second-order valence-corrected chi connectivity index (χ2v) is 4.35. The average molecular weight is 271 g/mol. The Morgan fingerprint density at radius 1 is 1.40 bits per heavy atom. The molecular formula is C14H13N3O3. The molecule has 0 amide bonds. The lowest BCUT2D eigenvalue weighted by atomic mass is 10.2. The Balaban J connectivity index is 2.10. The summed E-state index contributed by atoms with van der Waals surface area (Å²) in [5, 5.41) is 0. The van der Waals surface area contributed by atoms with Gasteiger partial charge in [-0.25, -0.2) is 9.78 Å². The number of anilines is 1. The second kappa shape index (κ2) is 4.73. The van der Waals surface area contributed by atoms with Gasteiger partial charge in [0.2, 0.25) is 0 Å². The molecular weight excluding hydrogens is 258 g/mol. The molecule has 3 rings (SSSR count). The lowest BCUT2D eigenvalue weighted by molar-refractivity contribution is 0.407. The molecule has 102 valence electrons. The van der Waals surface area contributed by atoms with Crippen molar-refractivity contribution in [1.82, 2.24) is 9.55 Å². The summed E-state index contributed by atoms with van der Waals surface area (Å²) < 4.78 is 11.9. The van der Waals surface area contributed by atoms with Crippen molar-refractivity contribution in [3.63, 3.8) is 0 Å². The van der Waals surface area contributed by atoms with Crippen LogP contribution in [0.4, 0.5) is 5.69 Å². The average Bonchev–Trinajstić information content (AvgIpc) is 2.77. The number of fused-ring (bicyclic) bond motifs is 1. The lowest BCUT2D eigenvalue weighted by Crippen LogP contribution is -2.16. The first-order valence-electron chi connectivity index (χ1n) is 6.06. The van der Waals surface area contributed by atoms with Gasteiger partial charge in [0, 0.05) is 23.5 Å². The molecule has 0 spiro atoms. The van der Waals surface area contributed by atoms with Crippen LogP contribution in [0.5, 0.6) is 5.75 Å². The molecule has 0 aliphatic carbocycles. The van der Waals surface area contributed by atoms with Gasteiger partial charge in [-0.2, -0.15) is 0 Å². The topological polar surface area (TPSA) is 83.3 Å². The molecule has 2 heterocycles. The highest BCUT2D eigenvalue weighted by molar-refractivity contribution is 5.67. The van der Waals surface area contributed by atoms with Crippen molar-refractivity contribution >= 4 is 16.9 Å². The number of rotatable bonds is 3. The fourth-order valence-electron chi connectivity index (χ4n) is 2.10. The van der Waals surface area contributed by atoms with E-state index in [0.717, 1.165) is 5.56 Å². The summed E-state index contributed by atoms with van der Waals surface area (Å²) in [5.41, 5.74) is 8.13. The van der Waals surface area contributed by atoms with Crippen molar-refractivity contribution in [2.75, 3.05) is 12.8 Å². The minimum atomic E-state index is -0.447. The van der Waals surface area contributed by atoms with Gasteiger partial charge in [-0.3, -0.25) is 4.57 Å². The molecule has 20 heavy (non-hydrogen) atoms. The van der Waals surface area contributed by atoms with E-state index in [1.54, 1.807) is 37.6 Å². The number of nitrogens with two attached hydrogens (primary N) is 1. The fraction of sp³-hybridized carbons (Fsp3) is 0.143. The number of ether oxygens (including phenoxy) is 1. The Labute approximate surface area is 114 Å². The minimum absolute atomic E-state index is 0.312. The Morgan fingerprint density at radius 3 is 3.05 bits per heavy atom. The highest BCUT2D eigenvalue weighted by atomic mass is 16.5. The number of aromatic nitrogens is 2. The number of hydrogen-bond donors (Lipinski definition) is 1. The van der Waals surface area contributed by atoms with E-state index >= 15 is 0 Å². The van der Waals surface area contributed by atoms with E-state index in [1.807, 2.05) is 6.07 Å². The molecule has 2 N–H and O–H groups in total. The molecule has 0 aliphatic rings. The molecule has 0 saturated carbocycles. The van der Waals surface area contributed by atoms with Crippen LogP contribution in [0.2, 0.25) is 0 Å². The molecule has 3 aromatic rings. The smallest absolute Gasteiger partial charge is 0.421 e. The van der Waals surface area contributed by atoms with Crippen LogP contribution < -0.4 is 16.2 Å². The van der Waals surface area contributed by atoms with Gasteiger partial charge in [0.05, 0.1) is 13.7 Å². The maximum Gasteiger partial charge on any atom is 0.421 e. The zero-order chi connectivity index (χ0) is 14.1. The van der Waals surface area contributed by atoms with Gasteiger partial charge >= 0.3 is 5.76 Å². The van der Waals surface area contributed by atoms with Crippen LogP contribution in [0.3, 0.4) is 0 Å². The SMILES string of the molecule is COc1cc(N)ccc1Cn1c(=O)oc2cccnc21. The van der Waals surface area contributed by atoms with Crippen molar-refractivity contribution in [2.45, 2.75) is 6.54 Å². The van der Waals surface area contributed by atoms with Crippen molar-refractivity contribution < 1.29 is 9.15 Å². The molecule has 2 aromatic heterocycles. The van der Waals surface area contributed by atoms with Gasteiger partial charge in [-0.15, -0.1) is 0 Å². The first kappa shape index (κ1) is 12.3. The number of benzene rings is 1. The second-order valence-electron chi connectivity index (χ2n) is 4.35. The molecule has 0 unspecified atom stereocenters. The van der Waals surface area contributed by atoms with Gasteiger partial charge in [0.1, 0.15) is 5.75 Å². The van der Waals surface area contributed by atoms with Gasteiger partial charge in [0.15, 0.2) is 11.2 Å². The van der Waals surface area contributed by atoms with E-state index < -0.39 is 5.76 Å². The molecule has 0 atom stereocenters. The van der Waals surface area contributed by atoms with Gasteiger partial charge in [-0.05, 0) is 18.2 Å². The van der Waals surface area contributed by atoms with Crippen LogP contribution >= 0.6 is 0 Å². The summed E-state index contributed by atoms with van der Waals surface area (Å²) in [5.74, 6) is 0.180. The van der Waals surface area contributed by atoms with Crippen LogP contribution in [0, 0.1) is 0 Å². The van der Waals surface area contributed by atoms with Crippen LogP contribution in [0.15, 0.2) is 45.7 Å². The van der Waals surface area contributed by atoms with E-state index in [1.165, 1.54) is 4.57 Å². The highest BCUT2D eigenvalue weighted by Crippen LogP contribution is 2.23. The number of pyridine rings is 1. The summed E-state index contributed by atoms with van der Waals surface area (Å²) in [6.07, 6.45) is 1.62. The monoisotopic (exact) mass is 271 g/mol. The number of methoxy groups -OCH3 is 1. The van der Waals surface area contributed by atoms with E-state index in [2.05, 4.69) is 4.98 Å². The normalized spacial score (nSPS) is 10.8. The third-order valence-electron chi connectivity index (χ3n) is 3.06. The molecule has 0 aliphatic heterocycles. The Kier molecular flexibility index (Phi) is 2.90. The zero-order valence-corrected chi connectivity index (χ0v) is 10.9. The summed E-state index contributed by atoms with van der Waals surface area (Å²) >= 11 is 0. The molecule has 0 bridgehead atoms.